The van der Waals surface area contributed by atoms with Gasteiger partial charge >= 0.3 is 5.97 Å². The average Bonchev–Trinajstić information content (AvgIpc) is 2.38. The van der Waals surface area contributed by atoms with E-state index in [2.05, 4.69) is 25.6 Å². The molecule has 0 saturated heterocycles. The van der Waals surface area contributed by atoms with Crippen LogP contribution in [0.2, 0.25) is 0 Å². The van der Waals surface area contributed by atoms with Gasteiger partial charge in [-0.25, -0.2) is 4.79 Å². The van der Waals surface area contributed by atoms with Gasteiger partial charge in [-0.15, -0.1) is 0 Å². The van der Waals surface area contributed by atoms with Crippen molar-refractivity contribution in [3.8, 4) is 0 Å². The fraction of sp³-hybridized carbons (Fsp3) is 0.438. The summed E-state index contributed by atoms with van der Waals surface area (Å²) in [6.07, 6.45) is 1.99. The molecule has 0 spiro atoms. The molecule has 1 aromatic carbocycles. The monoisotopic (exact) mass is 262 g/mol. The fourth-order valence-electron chi connectivity index (χ4n) is 1.76. The Morgan fingerprint density at radius 1 is 1.32 bits per heavy atom. The Balaban J connectivity index is 2.41. The molecule has 0 aliphatic rings. The summed E-state index contributed by atoms with van der Waals surface area (Å²) in [6, 6.07) is 8.17. The Kier molecular flexibility index (Phi) is 6.30. The van der Waals surface area contributed by atoms with Crippen LogP contribution in [0.5, 0.6) is 0 Å². The van der Waals surface area contributed by atoms with Crippen LogP contribution in [0.4, 0.5) is 0 Å². The molecule has 19 heavy (non-hydrogen) atoms. The summed E-state index contributed by atoms with van der Waals surface area (Å²) in [5, 5.41) is 9.80. The first-order valence-electron chi connectivity index (χ1n) is 6.61. The van der Waals surface area contributed by atoms with Crippen molar-refractivity contribution in [3.05, 3.63) is 47.5 Å². The number of benzene rings is 1. The topological polar surface area (TPSA) is 46.5 Å². The molecule has 0 aliphatic carbocycles. The van der Waals surface area contributed by atoms with Crippen LogP contribution in [0.3, 0.4) is 0 Å². The first-order valence-corrected chi connectivity index (χ1v) is 6.61. The van der Waals surface area contributed by atoms with Crippen molar-refractivity contribution in [2.45, 2.75) is 39.2 Å². The summed E-state index contributed by atoms with van der Waals surface area (Å²) in [7, 11) is 0. The minimum Gasteiger partial charge on any atom is -0.460 e. The standard InChI is InChI=1S/C16H22O3/c1-4-5-13-6-8-14(9-7-13)10-15(17)11-19-16(18)12(2)3/h6-9,15,17H,2,4-5,10-11H2,1,3H3. The minimum absolute atomic E-state index is 0.00239. The Labute approximate surface area is 114 Å². The van der Waals surface area contributed by atoms with Crippen molar-refractivity contribution in [2.24, 2.45) is 0 Å². The maximum absolute atomic E-state index is 11.2. The summed E-state index contributed by atoms with van der Waals surface area (Å²) < 4.78 is 4.91. The molecule has 0 bridgehead atoms. The van der Waals surface area contributed by atoms with Crippen molar-refractivity contribution < 1.29 is 14.6 Å². The summed E-state index contributed by atoms with van der Waals surface area (Å²) >= 11 is 0. The number of ether oxygens (including phenoxy) is 1. The van der Waals surface area contributed by atoms with Crippen molar-refractivity contribution >= 4 is 5.97 Å². The van der Waals surface area contributed by atoms with E-state index in [1.807, 2.05) is 12.1 Å². The largest absolute Gasteiger partial charge is 0.460 e. The second-order valence-corrected chi connectivity index (χ2v) is 4.80. The first kappa shape index (κ1) is 15.4. The van der Waals surface area contributed by atoms with Crippen LogP contribution in [0.25, 0.3) is 0 Å². The van der Waals surface area contributed by atoms with Gasteiger partial charge in [-0.1, -0.05) is 44.2 Å². The van der Waals surface area contributed by atoms with Crippen molar-refractivity contribution in [1.82, 2.24) is 0 Å². The molecule has 1 aromatic rings. The molecule has 0 aromatic heterocycles. The van der Waals surface area contributed by atoms with Crippen LogP contribution < -0.4 is 0 Å². The number of esters is 1. The zero-order valence-corrected chi connectivity index (χ0v) is 11.7. The van der Waals surface area contributed by atoms with Crippen molar-refractivity contribution in [1.29, 1.82) is 0 Å². The van der Waals surface area contributed by atoms with Crippen LogP contribution in [0.1, 0.15) is 31.4 Å². The predicted molar refractivity (Wildman–Crippen MR) is 75.9 cm³/mol. The second kappa shape index (κ2) is 7.74. The smallest absolute Gasteiger partial charge is 0.333 e. The van der Waals surface area contributed by atoms with Gasteiger partial charge in [0.2, 0.25) is 0 Å². The fourth-order valence-corrected chi connectivity index (χ4v) is 1.76. The van der Waals surface area contributed by atoms with Crippen LogP contribution in [-0.4, -0.2) is 23.8 Å². The van der Waals surface area contributed by atoms with Gasteiger partial charge in [0.05, 0.1) is 6.10 Å². The van der Waals surface area contributed by atoms with Crippen LogP contribution in [0.15, 0.2) is 36.4 Å². The van der Waals surface area contributed by atoms with Gasteiger partial charge in [0.15, 0.2) is 0 Å². The predicted octanol–water partition coefficient (Wildman–Crippen LogP) is 2.66. The number of hydrogen-bond acceptors (Lipinski definition) is 3. The SMILES string of the molecule is C=C(C)C(=O)OCC(O)Cc1ccc(CCC)cc1. The van der Waals surface area contributed by atoms with E-state index < -0.39 is 12.1 Å². The van der Waals surface area contributed by atoms with E-state index in [4.69, 9.17) is 4.74 Å². The normalized spacial score (nSPS) is 11.9. The van der Waals surface area contributed by atoms with Crippen molar-refractivity contribution in [2.75, 3.05) is 6.61 Å². The third kappa shape index (κ3) is 5.71. The maximum Gasteiger partial charge on any atom is 0.333 e. The Morgan fingerprint density at radius 3 is 2.42 bits per heavy atom. The lowest BCUT2D eigenvalue weighted by Crippen LogP contribution is -2.21. The number of carbonyl (C=O) groups excluding carboxylic acids is 1. The van der Waals surface area contributed by atoms with Gasteiger partial charge in [-0.05, 0) is 24.5 Å². The minimum atomic E-state index is -0.680. The first-order chi connectivity index (χ1) is 9.02. The number of aryl methyl sites for hydroxylation is 1. The van der Waals surface area contributed by atoms with Gasteiger partial charge < -0.3 is 9.84 Å². The highest BCUT2D eigenvalue weighted by molar-refractivity contribution is 5.86. The zero-order chi connectivity index (χ0) is 14.3. The summed E-state index contributed by atoms with van der Waals surface area (Å²) in [5.74, 6) is -0.461. The molecule has 0 amide bonds. The highest BCUT2D eigenvalue weighted by atomic mass is 16.5. The van der Waals surface area contributed by atoms with Crippen LogP contribution in [-0.2, 0) is 22.4 Å². The van der Waals surface area contributed by atoms with E-state index >= 15 is 0 Å². The molecule has 1 rings (SSSR count). The molecule has 0 radical (unpaired) electrons. The third-order valence-electron chi connectivity index (χ3n) is 2.79. The van der Waals surface area contributed by atoms with Crippen molar-refractivity contribution in [3.63, 3.8) is 0 Å². The zero-order valence-electron chi connectivity index (χ0n) is 11.7. The van der Waals surface area contributed by atoms with E-state index in [1.165, 1.54) is 5.56 Å². The van der Waals surface area contributed by atoms with E-state index in [0.29, 0.717) is 12.0 Å². The number of rotatable bonds is 7. The molecule has 0 fully saturated rings. The van der Waals surface area contributed by atoms with Gasteiger partial charge in [-0.2, -0.15) is 0 Å². The summed E-state index contributed by atoms with van der Waals surface area (Å²) in [4.78, 5) is 11.2. The molecule has 104 valence electrons. The van der Waals surface area contributed by atoms with Gasteiger partial charge in [0.25, 0.3) is 0 Å². The lowest BCUT2D eigenvalue weighted by atomic mass is 10.0. The van der Waals surface area contributed by atoms with Crippen LogP contribution in [0, 0.1) is 0 Å². The number of hydrogen-bond donors (Lipinski definition) is 1. The molecule has 3 nitrogen and oxygen atoms in total. The van der Waals surface area contributed by atoms with Gasteiger partial charge in [0.1, 0.15) is 6.61 Å². The molecular formula is C16H22O3. The van der Waals surface area contributed by atoms with Gasteiger partial charge in [0, 0.05) is 12.0 Å². The highest BCUT2D eigenvalue weighted by Gasteiger charge is 2.10. The summed E-state index contributed by atoms with van der Waals surface area (Å²) in [5.41, 5.74) is 2.68. The van der Waals surface area contributed by atoms with Crippen LogP contribution >= 0.6 is 0 Å². The molecule has 0 heterocycles. The number of carbonyl (C=O) groups is 1. The Hall–Kier alpha value is -1.61. The molecule has 1 unspecified atom stereocenters. The van der Waals surface area contributed by atoms with E-state index in [0.717, 1.165) is 18.4 Å². The maximum atomic E-state index is 11.2. The lowest BCUT2D eigenvalue weighted by molar-refractivity contribution is -0.141. The quantitative estimate of drug-likeness (QED) is 0.607. The molecule has 0 saturated carbocycles. The molecule has 1 N–H and O–H groups in total. The molecule has 3 heteroatoms. The average molecular weight is 262 g/mol. The molecular weight excluding hydrogens is 240 g/mol. The van der Waals surface area contributed by atoms with E-state index in [1.54, 1.807) is 6.92 Å². The number of aliphatic hydroxyl groups excluding tert-OH is 1. The second-order valence-electron chi connectivity index (χ2n) is 4.80. The Morgan fingerprint density at radius 2 is 1.89 bits per heavy atom. The van der Waals surface area contributed by atoms with E-state index in [-0.39, 0.29) is 6.61 Å². The molecule has 0 aliphatic heterocycles. The van der Waals surface area contributed by atoms with E-state index in [9.17, 15) is 9.90 Å². The van der Waals surface area contributed by atoms with Gasteiger partial charge in [-0.3, -0.25) is 0 Å². The highest BCUT2D eigenvalue weighted by Crippen LogP contribution is 2.09. The number of aliphatic hydroxyl groups is 1. The molecule has 1 atom stereocenters. The Bertz CT molecular complexity index is 420. The third-order valence-corrected chi connectivity index (χ3v) is 2.79. The lowest BCUT2D eigenvalue weighted by Gasteiger charge is -2.11. The summed E-state index contributed by atoms with van der Waals surface area (Å²) in [6.45, 7) is 7.22.